The van der Waals surface area contributed by atoms with Crippen molar-refractivity contribution < 1.29 is 28.4 Å². The van der Waals surface area contributed by atoms with E-state index in [2.05, 4.69) is 43.5 Å². The summed E-state index contributed by atoms with van der Waals surface area (Å²) in [5.41, 5.74) is 5.35. The number of phosphoric ester groups is 1. The van der Waals surface area contributed by atoms with Crippen LogP contribution in [0.3, 0.4) is 0 Å². The molecule has 0 heterocycles. The molecule has 0 fully saturated rings. The molecule has 0 spiro atoms. The van der Waals surface area contributed by atoms with Gasteiger partial charge in [0.1, 0.15) is 0 Å². The first-order valence-corrected chi connectivity index (χ1v) is 20.6. The van der Waals surface area contributed by atoms with Crippen LogP contribution in [-0.2, 0) is 18.4 Å². The molecule has 47 heavy (non-hydrogen) atoms. The summed E-state index contributed by atoms with van der Waals surface area (Å²) < 4.78 is 22.0. The van der Waals surface area contributed by atoms with Crippen LogP contribution >= 0.6 is 7.82 Å². The Labute approximate surface area is 289 Å². The molecule has 276 valence electrons. The van der Waals surface area contributed by atoms with Gasteiger partial charge in [0.25, 0.3) is 0 Å². The van der Waals surface area contributed by atoms with E-state index in [1.54, 1.807) is 6.08 Å². The average Bonchev–Trinajstić information content (AvgIpc) is 3.05. The molecule has 3 unspecified atom stereocenters. The van der Waals surface area contributed by atoms with Gasteiger partial charge in [-0.3, -0.25) is 13.8 Å². The third-order valence-corrected chi connectivity index (χ3v) is 9.16. The van der Waals surface area contributed by atoms with Gasteiger partial charge in [0, 0.05) is 13.0 Å². The number of hydrogen-bond donors (Lipinski definition) is 4. The molecule has 0 aromatic heterocycles. The van der Waals surface area contributed by atoms with Crippen molar-refractivity contribution in [1.82, 2.24) is 5.32 Å². The van der Waals surface area contributed by atoms with E-state index in [-0.39, 0.29) is 25.7 Å². The van der Waals surface area contributed by atoms with E-state index >= 15 is 0 Å². The molecule has 1 amide bonds. The number of aliphatic hydroxyl groups is 1. The van der Waals surface area contributed by atoms with Crippen molar-refractivity contribution >= 4 is 13.7 Å². The van der Waals surface area contributed by atoms with E-state index < -0.39 is 20.0 Å². The molecule has 0 aliphatic heterocycles. The second-order valence-corrected chi connectivity index (χ2v) is 14.2. The van der Waals surface area contributed by atoms with Crippen LogP contribution in [0.4, 0.5) is 0 Å². The Hall–Kier alpha value is -1.28. The lowest BCUT2D eigenvalue weighted by molar-refractivity contribution is -0.123. The lowest BCUT2D eigenvalue weighted by Gasteiger charge is -2.23. The van der Waals surface area contributed by atoms with Gasteiger partial charge in [-0.05, 0) is 38.5 Å². The molecule has 0 aromatic rings. The number of carbonyl (C=O) groups is 1. The van der Waals surface area contributed by atoms with Crippen molar-refractivity contribution in [3.63, 3.8) is 0 Å². The molecule has 9 heteroatoms. The zero-order valence-corrected chi connectivity index (χ0v) is 31.2. The maximum atomic E-state index is 12.7. The maximum absolute atomic E-state index is 12.7. The summed E-state index contributed by atoms with van der Waals surface area (Å²) in [5.74, 6) is -0.210. The molecule has 0 aliphatic rings. The van der Waals surface area contributed by atoms with Crippen molar-refractivity contribution in [1.29, 1.82) is 0 Å². The van der Waals surface area contributed by atoms with Gasteiger partial charge in [-0.15, -0.1) is 0 Å². The van der Waals surface area contributed by atoms with Gasteiger partial charge in [-0.1, -0.05) is 159 Å². The van der Waals surface area contributed by atoms with Gasteiger partial charge in [0.05, 0.1) is 25.4 Å². The van der Waals surface area contributed by atoms with Crippen LogP contribution in [0, 0.1) is 0 Å². The van der Waals surface area contributed by atoms with Gasteiger partial charge in [-0.25, -0.2) is 4.57 Å². The van der Waals surface area contributed by atoms with E-state index in [1.165, 1.54) is 96.3 Å². The Morgan fingerprint density at radius 2 is 1.13 bits per heavy atom. The predicted octanol–water partition coefficient (Wildman–Crippen LogP) is 10.00. The minimum atomic E-state index is -4.34. The zero-order valence-electron chi connectivity index (χ0n) is 30.3. The Kier molecular flexibility index (Phi) is 33.6. The van der Waals surface area contributed by atoms with Gasteiger partial charge < -0.3 is 21.1 Å². The topological polar surface area (TPSA) is 131 Å². The van der Waals surface area contributed by atoms with E-state index in [9.17, 15) is 19.4 Å². The van der Waals surface area contributed by atoms with Crippen molar-refractivity contribution in [2.45, 2.75) is 180 Å². The van der Waals surface area contributed by atoms with Crippen LogP contribution in [0.15, 0.2) is 36.5 Å². The van der Waals surface area contributed by atoms with Crippen LogP contribution in [-0.4, -0.2) is 47.8 Å². The maximum Gasteiger partial charge on any atom is 0.472 e. The van der Waals surface area contributed by atoms with Crippen molar-refractivity contribution in [2.75, 3.05) is 19.8 Å². The van der Waals surface area contributed by atoms with Crippen LogP contribution in [0.1, 0.15) is 168 Å². The van der Waals surface area contributed by atoms with E-state index in [1.807, 2.05) is 6.08 Å². The van der Waals surface area contributed by atoms with E-state index in [4.69, 9.17) is 14.8 Å². The quantitative estimate of drug-likeness (QED) is 0.0297. The highest BCUT2D eigenvalue weighted by Gasteiger charge is 2.26. The smallest absolute Gasteiger partial charge is 0.387 e. The summed E-state index contributed by atoms with van der Waals surface area (Å²) in [6.07, 6.45) is 39.1. The van der Waals surface area contributed by atoms with Crippen molar-refractivity contribution in [3.8, 4) is 0 Å². The number of hydrogen-bond acceptors (Lipinski definition) is 6. The second-order valence-electron chi connectivity index (χ2n) is 12.8. The van der Waals surface area contributed by atoms with Crippen LogP contribution in [0.2, 0.25) is 0 Å². The van der Waals surface area contributed by atoms with Gasteiger partial charge in [0.2, 0.25) is 5.91 Å². The molecule has 0 aliphatic carbocycles. The standard InChI is InChI=1S/C38H73N2O6P/c1-3-5-7-9-11-13-15-16-17-18-19-20-22-24-26-28-30-32-38(42)40-36(35-46-47(43,44)45-34-33-39)37(41)31-29-27-25-23-21-14-12-10-8-6-4-2/h8,10,21,23,29,31,36-37,41H,3-7,9,11-20,22,24-28,30,32-35,39H2,1-2H3,(H,40,42)(H,43,44)/b10-8+,23-21+,31-29+. The molecule has 5 N–H and O–H groups in total. The number of rotatable bonds is 35. The van der Waals surface area contributed by atoms with E-state index in [0.717, 1.165) is 51.4 Å². The number of carbonyl (C=O) groups excluding carboxylic acids is 1. The molecule has 0 aromatic carbocycles. The lowest BCUT2D eigenvalue weighted by Crippen LogP contribution is -2.45. The number of amides is 1. The van der Waals surface area contributed by atoms with Gasteiger partial charge in [0.15, 0.2) is 0 Å². The fourth-order valence-electron chi connectivity index (χ4n) is 5.29. The summed E-state index contributed by atoms with van der Waals surface area (Å²) in [6, 6.07) is -0.878. The third-order valence-electron chi connectivity index (χ3n) is 8.18. The number of aliphatic hydroxyl groups excluding tert-OH is 1. The number of phosphoric acid groups is 1. The molecular formula is C38H73N2O6P. The van der Waals surface area contributed by atoms with Crippen LogP contribution in [0.25, 0.3) is 0 Å². The Morgan fingerprint density at radius 3 is 1.60 bits per heavy atom. The fraction of sp³-hybridized carbons (Fsp3) is 0.816. The SMILES string of the molecule is CCC/C=C/CC/C=C/CC/C=C/C(O)C(COP(=O)(O)OCCN)NC(=O)CCCCCCCCCCCCCCCCCCC. The number of allylic oxidation sites excluding steroid dienone is 5. The normalized spacial score (nSPS) is 14.7. The molecule has 0 bridgehead atoms. The first-order valence-electron chi connectivity index (χ1n) is 19.1. The molecule has 0 rings (SSSR count). The average molecular weight is 685 g/mol. The Bertz CT molecular complexity index is 835. The molecule has 0 saturated carbocycles. The summed E-state index contributed by atoms with van der Waals surface area (Å²) in [5, 5.41) is 13.5. The van der Waals surface area contributed by atoms with Gasteiger partial charge >= 0.3 is 7.82 Å². The summed E-state index contributed by atoms with van der Waals surface area (Å²) in [4.78, 5) is 22.6. The minimum absolute atomic E-state index is 0.0722. The largest absolute Gasteiger partial charge is 0.472 e. The van der Waals surface area contributed by atoms with Crippen LogP contribution < -0.4 is 11.1 Å². The summed E-state index contributed by atoms with van der Waals surface area (Å²) in [7, 11) is -4.34. The molecule has 3 atom stereocenters. The molecule has 0 radical (unpaired) electrons. The molecule has 0 saturated heterocycles. The van der Waals surface area contributed by atoms with Crippen LogP contribution in [0.5, 0.6) is 0 Å². The zero-order chi connectivity index (χ0) is 34.7. The van der Waals surface area contributed by atoms with Crippen molar-refractivity contribution in [3.05, 3.63) is 36.5 Å². The minimum Gasteiger partial charge on any atom is -0.387 e. The predicted molar refractivity (Wildman–Crippen MR) is 198 cm³/mol. The highest BCUT2D eigenvalue weighted by Crippen LogP contribution is 2.43. The van der Waals surface area contributed by atoms with E-state index in [0.29, 0.717) is 6.42 Å². The lowest BCUT2D eigenvalue weighted by atomic mass is 10.0. The fourth-order valence-corrected chi connectivity index (χ4v) is 6.05. The van der Waals surface area contributed by atoms with Crippen molar-refractivity contribution in [2.24, 2.45) is 5.73 Å². The first-order chi connectivity index (χ1) is 22.9. The second kappa shape index (κ2) is 34.6. The monoisotopic (exact) mass is 685 g/mol. The first kappa shape index (κ1) is 45.7. The number of nitrogens with two attached hydrogens (primary N) is 1. The number of nitrogens with one attached hydrogen (secondary N) is 1. The summed E-state index contributed by atoms with van der Waals surface area (Å²) in [6.45, 7) is 4.02. The highest BCUT2D eigenvalue weighted by atomic mass is 31.2. The van der Waals surface area contributed by atoms with Gasteiger partial charge in [-0.2, -0.15) is 0 Å². The molecular weight excluding hydrogens is 611 g/mol. The third kappa shape index (κ3) is 33.0. The molecule has 8 nitrogen and oxygen atoms in total. The number of unbranched alkanes of at least 4 members (excludes halogenated alkanes) is 19. The summed E-state index contributed by atoms with van der Waals surface area (Å²) >= 11 is 0. The Balaban J connectivity index is 4.28. The highest BCUT2D eigenvalue weighted by molar-refractivity contribution is 7.47. The Morgan fingerprint density at radius 1 is 0.681 bits per heavy atom.